The second kappa shape index (κ2) is 15.8. The minimum atomic E-state index is -5.01. The molecule has 1 fully saturated rings. The molecule has 0 spiro atoms. The monoisotopic (exact) mass is 538 g/mol. The number of nitrogens with two attached hydrogens (primary N) is 1. The number of benzene rings is 1. The van der Waals surface area contributed by atoms with Gasteiger partial charge in [-0.1, -0.05) is 0 Å². The van der Waals surface area contributed by atoms with E-state index in [2.05, 4.69) is 31.4 Å². The second-order valence-electron chi connectivity index (χ2n) is 6.62. The van der Waals surface area contributed by atoms with Gasteiger partial charge in [-0.2, -0.15) is 13.2 Å². The van der Waals surface area contributed by atoms with Gasteiger partial charge in [0.1, 0.15) is 11.5 Å². The minimum absolute atomic E-state index is 0.0510. The summed E-state index contributed by atoms with van der Waals surface area (Å²) in [6.07, 6.45) is -9.17. The van der Waals surface area contributed by atoms with E-state index in [1.807, 2.05) is 0 Å². The van der Waals surface area contributed by atoms with Crippen molar-refractivity contribution >= 4 is 18.5 Å². The zero-order valence-corrected chi connectivity index (χ0v) is 18.8. The van der Waals surface area contributed by atoms with Crippen LogP contribution in [0.15, 0.2) is 17.7 Å². The number of carbonyl (C=O) groups is 2. The molecule has 0 bridgehead atoms. The molecule has 2 aliphatic rings. The van der Waals surface area contributed by atoms with Crippen LogP contribution in [0.25, 0.3) is 6.08 Å². The van der Waals surface area contributed by atoms with Gasteiger partial charge >= 0.3 is 18.5 Å². The Balaban J connectivity index is 0.00000103. The number of hydrogen-bond donors (Lipinski definition) is 5. The molecule has 3 rings (SSSR count). The van der Waals surface area contributed by atoms with Gasteiger partial charge in [-0.05, 0) is 56.6 Å². The Bertz CT molecular complexity index is 853. The van der Waals surface area contributed by atoms with Gasteiger partial charge in [0, 0.05) is 5.56 Å². The summed E-state index contributed by atoms with van der Waals surface area (Å²) in [5.74, 6) is 4.40. The van der Waals surface area contributed by atoms with E-state index >= 15 is 0 Å². The molecule has 1 aromatic carbocycles. The zero-order valence-electron chi connectivity index (χ0n) is 18.8. The van der Waals surface area contributed by atoms with Gasteiger partial charge in [0.25, 0.3) is 6.47 Å². The molecule has 0 amide bonds. The van der Waals surface area contributed by atoms with Crippen molar-refractivity contribution in [1.82, 2.24) is 5.32 Å². The van der Waals surface area contributed by atoms with Gasteiger partial charge in [0.2, 0.25) is 12.9 Å². The van der Waals surface area contributed by atoms with Crippen molar-refractivity contribution in [1.29, 1.82) is 0 Å². The van der Waals surface area contributed by atoms with Crippen LogP contribution in [-0.4, -0.2) is 61.3 Å². The highest BCUT2D eigenvalue weighted by Crippen LogP contribution is 2.41. The summed E-state index contributed by atoms with van der Waals surface area (Å²) in [6, 6.07) is 1.65. The number of rotatable bonds is 4. The Hall–Kier alpha value is -3.12. The SMILES string of the molecule is C1CCNC1.Cc1cc(OC(F)(F)F)cc2c1OC(C(F)(F)F)C(C(=O)OCON)=C2.O=CO.[NH3+]O. The summed E-state index contributed by atoms with van der Waals surface area (Å²) in [5, 5.41) is 16.9. The third-order valence-corrected chi connectivity index (χ3v) is 4.09. The molecule has 8 N–H and O–H groups in total. The van der Waals surface area contributed by atoms with Crippen LogP contribution in [0.4, 0.5) is 26.3 Å². The average Bonchev–Trinajstić information content (AvgIpc) is 3.37. The van der Waals surface area contributed by atoms with Crippen LogP contribution in [0.5, 0.6) is 11.5 Å². The first kappa shape index (κ1) is 32.9. The molecule has 2 aliphatic heterocycles. The summed E-state index contributed by atoms with van der Waals surface area (Å²) in [5.41, 5.74) is -1.25. The smallest absolute Gasteiger partial charge is 0.483 e. The van der Waals surface area contributed by atoms with Gasteiger partial charge in [0.05, 0.1) is 5.57 Å². The van der Waals surface area contributed by atoms with Crippen LogP contribution < -0.4 is 26.6 Å². The average molecular weight is 538 g/mol. The molecule has 0 radical (unpaired) electrons. The lowest BCUT2D eigenvalue weighted by atomic mass is 9.99. The van der Waals surface area contributed by atoms with Gasteiger partial charge in [0.15, 0.2) is 0 Å². The number of alkyl halides is 6. The highest BCUT2D eigenvalue weighted by molar-refractivity contribution is 5.96. The lowest BCUT2D eigenvalue weighted by molar-refractivity contribution is -0.670. The summed E-state index contributed by atoms with van der Waals surface area (Å²) in [4.78, 5) is 24.1. The van der Waals surface area contributed by atoms with Crippen molar-refractivity contribution in [3.8, 4) is 11.5 Å². The molecule has 1 unspecified atom stereocenters. The zero-order chi connectivity index (χ0) is 27.9. The molecule has 1 saturated heterocycles. The van der Waals surface area contributed by atoms with E-state index < -0.39 is 42.7 Å². The number of carboxylic acid groups (broad SMARTS) is 1. The summed E-state index contributed by atoms with van der Waals surface area (Å²) < 4.78 is 89.6. The van der Waals surface area contributed by atoms with E-state index in [0.29, 0.717) is 6.08 Å². The highest BCUT2D eigenvalue weighted by Gasteiger charge is 2.49. The maximum Gasteiger partial charge on any atom is 0.573 e. The van der Waals surface area contributed by atoms with E-state index in [1.165, 1.54) is 32.9 Å². The predicted octanol–water partition coefficient (Wildman–Crippen LogP) is 1.68. The van der Waals surface area contributed by atoms with Gasteiger partial charge in [-0.3, -0.25) is 9.63 Å². The van der Waals surface area contributed by atoms with Gasteiger partial charge in [-0.15, -0.1) is 13.2 Å². The second-order valence-corrected chi connectivity index (χ2v) is 6.62. The number of esters is 1. The standard InChI is InChI=1S/C14H11F6NO5.C4H9N.CH2O2.H4NO/c1-6-2-8(26-14(18,19)20)3-7-4-9(12(22)23-5-24-21)11(13(15,16)17)25-10(6)7;1-2-4-5-3-1;2-1-3;1-2/h2-4,11H,5,21H2,1H3;5H,1-4H2;1H,(H,2,3);2H,1H3/q;;;+1. The molecule has 36 heavy (non-hydrogen) atoms. The molecule has 0 aromatic heterocycles. The lowest BCUT2D eigenvalue weighted by Gasteiger charge is -2.29. The first-order valence-electron chi connectivity index (χ1n) is 9.78. The normalized spacial score (nSPS) is 16.2. The third kappa shape index (κ3) is 11.5. The summed E-state index contributed by atoms with van der Waals surface area (Å²) in [7, 11) is 0. The molecule has 2 heterocycles. The van der Waals surface area contributed by atoms with Gasteiger partial charge in [-0.25, -0.2) is 21.8 Å². The fourth-order valence-electron chi connectivity index (χ4n) is 2.86. The molecule has 0 aliphatic carbocycles. The van der Waals surface area contributed by atoms with Crippen molar-refractivity contribution in [3.05, 3.63) is 28.8 Å². The Labute approximate surface area is 200 Å². The van der Waals surface area contributed by atoms with Crippen LogP contribution in [0.3, 0.4) is 0 Å². The van der Waals surface area contributed by atoms with E-state index in [1.54, 1.807) is 0 Å². The number of aryl methyl sites for hydroxylation is 1. The number of carbonyl (C=O) groups excluding carboxylic acids is 1. The maximum atomic E-state index is 13.2. The van der Waals surface area contributed by atoms with Gasteiger partial charge < -0.3 is 24.6 Å². The van der Waals surface area contributed by atoms with E-state index in [9.17, 15) is 31.1 Å². The van der Waals surface area contributed by atoms with E-state index in [4.69, 9.17) is 19.8 Å². The Morgan fingerprint density at radius 1 is 1.22 bits per heavy atom. The maximum absolute atomic E-state index is 13.2. The number of fused-ring (bicyclic) bond motifs is 1. The quantitative estimate of drug-likeness (QED) is 0.125. The number of hydrogen-bond acceptors (Lipinski definition) is 9. The Morgan fingerprint density at radius 2 is 1.78 bits per heavy atom. The molecular formula is C19H26F6N3O8+. The fraction of sp³-hybridized carbons (Fsp3) is 0.474. The predicted molar refractivity (Wildman–Crippen MR) is 108 cm³/mol. The van der Waals surface area contributed by atoms with Crippen molar-refractivity contribution < 1.29 is 71.2 Å². The summed E-state index contributed by atoms with van der Waals surface area (Å²) >= 11 is 0. The number of quaternary nitrogens is 1. The van der Waals surface area contributed by atoms with Crippen molar-refractivity contribution in [2.45, 2.75) is 38.4 Å². The number of ether oxygens (including phenoxy) is 3. The van der Waals surface area contributed by atoms with Crippen LogP contribution >= 0.6 is 0 Å². The number of halogens is 6. The first-order valence-corrected chi connectivity index (χ1v) is 9.78. The highest BCUT2D eigenvalue weighted by atomic mass is 19.4. The largest absolute Gasteiger partial charge is 0.573 e. The molecule has 206 valence electrons. The van der Waals surface area contributed by atoms with Crippen LogP contribution in [0, 0.1) is 6.92 Å². The van der Waals surface area contributed by atoms with Crippen LogP contribution in [-0.2, 0) is 19.2 Å². The Morgan fingerprint density at radius 3 is 2.19 bits per heavy atom. The van der Waals surface area contributed by atoms with Crippen molar-refractivity contribution in [2.75, 3.05) is 19.9 Å². The molecular weight excluding hydrogens is 512 g/mol. The molecule has 0 saturated carbocycles. The van der Waals surface area contributed by atoms with Crippen LogP contribution in [0.1, 0.15) is 24.0 Å². The van der Waals surface area contributed by atoms with Crippen molar-refractivity contribution in [3.63, 3.8) is 0 Å². The van der Waals surface area contributed by atoms with E-state index in [-0.39, 0.29) is 23.3 Å². The molecule has 17 heteroatoms. The topological polar surface area (TPSA) is 177 Å². The minimum Gasteiger partial charge on any atom is -0.483 e. The van der Waals surface area contributed by atoms with Crippen molar-refractivity contribution in [2.24, 2.45) is 5.90 Å². The molecule has 1 atom stereocenters. The van der Waals surface area contributed by atoms with Crippen LogP contribution in [0.2, 0.25) is 0 Å². The summed E-state index contributed by atoms with van der Waals surface area (Å²) in [6.45, 7) is 2.65. The molecule has 11 nitrogen and oxygen atoms in total. The van der Waals surface area contributed by atoms with E-state index in [0.717, 1.165) is 12.1 Å². The lowest BCUT2D eigenvalue weighted by Crippen LogP contribution is -2.42. The first-order chi connectivity index (χ1) is 16.8. The Kier molecular flexibility index (Phi) is 14.4. The third-order valence-electron chi connectivity index (χ3n) is 4.09. The fourth-order valence-corrected chi connectivity index (χ4v) is 2.86. The molecule has 1 aromatic rings. The number of nitrogens with one attached hydrogen (secondary N) is 1.